The van der Waals surface area contributed by atoms with Crippen LogP contribution >= 0.6 is 11.6 Å². The lowest BCUT2D eigenvalue weighted by Crippen LogP contribution is -2.42. The Morgan fingerprint density at radius 2 is 1.90 bits per heavy atom. The van der Waals surface area contributed by atoms with Crippen LogP contribution in [0.5, 0.6) is 11.5 Å². The van der Waals surface area contributed by atoms with Gasteiger partial charge in [0.05, 0.1) is 30.3 Å². The van der Waals surface area contributed by atoms with E-state index in [1.165, 1.54) is 0 Å². The van der Waals surface area contributed by atoms with E-state index in [4.69, 9.17) is 21.1 Å². The predicted octanol–water partition coefficient (Wildman–Crippen LogP) is 3.87. The zero-order valence-electron chi connectivity index (χ0n) is 16.8. The van der Waals surface area contributed by atoms with Crippen LogP contribution in [0, 0.1) is 0 Å². The van der Waals surface area contributed by atoms with Crippen LogP contribution in [0.3, 0.4) is 0 Å². The number of imidazole rings is 1. The van der Waals surface area contributed by atoms with E-state index in [0.29, 0.717) is 48.1 Å². The van der Waals surface area contributed by atoms with E-state index < -0.39 is 0 Å². The number of hydrogen-bond acceptors (Lipinski definition) is 4. The largest absolute Gasteiger partial charge is 0.497 e. The maximum atomic E-state index is 12.6. The van der Waals surface area contributed by atoms with Crippen molar-refractivity contribution in [2.24, 2.45) is 0 Å². The van der Waals surface area contributed by atoms with Crippen LogP contribution in [0.25, 0.3) is 11.0 Å². The summed E-state index contributed by atoms with van der Waals surface area (Å²) in [6.45, 7) is 1.10. The number of nitrogens with zero attached hydrogens (tertiary/aromatic N) is 2. The highest BCUT2D eigenvalue weighted by molar-refractivity contribution is 6.32. The molecule has 0 aliphatic carbocycles. The molecular formula is C21H23ClN4O4. The van der Waals surface area contributed by atoms with Crippen molar-refractivity contribution in [3.05, 3.63) is 51.9 Å². The smallest absolute Gasteiger partial charge is 0.326 e. The van der Waals surface area contributed by atoms with Gasteiger partial charge in [-0.15, -0.1) is 0 Å². The summed E-state index contributed by atoms with van der Waals surface area (Å²) in [6, 6.07) is 10.5. The number of carbonyl (C=O) groups excluding carboxylic acids is 1. The number of amides is 2. The van der Waals surface area contributed by atoms with Gasteiger partial charge in [-0.2, -0.15) is 0 Å². The number of aromatic amines is 1. The number of piperidine rings is 1. The normalized spacial score (nSPS) is 14.7. The molecule has 0 radical (unpaired) electrons. The first-order valence-electron chi connectivity index (χ1n) is 9.68. The molecule has 1 saturated heterocycles. The van der Waals surface area contributed by atoms with Crippen LogP contribution < -0.4 is 20.5 Å². The number of ether oxygens (including phenoxy) is 2. The number of methoxy groups -OCH3 is 2. The first-order chi connectivity index (χ1) is 14.5. The lowest BCUT2D eigenvalue weighted by atomic mass is 10.0. The highest BCUT2D eigenvalue weighted by atomic mass is 35.5. The quantitative estimate of drug-likeness (QED) is 0.657. The molecule has 9 heteroatoms. The molecule has 1 aromatic heterocycles. The lowest BCUT2D eigenvalue weighted by Gasteiger charge is -2.32. The molecule has 0 saturated carbocycles. The Bertz CT molecular complexity index is 1130. The molecule has 30 heavy (non-hydrogen) atoms. The average molecular weight is 431 g/mol. The Hall–Kier alpha value is -3.13. The van der Waals surface area contributed by atoms with E-state index in [1.54, 1.807) is 41.9 Å². The van der Waals surface area contributed by atoms with E-state index in [9.17, 15) is 9.59 Å². The van der Waals surface area contributed by atoms with Gasteiger partial charge in [-0.05, 0) is 43.2 Å². The SMILES string of the molecule is COc1ccc2c(c1)[nH]c(=O)n2C1CCN(C(=O)Nc2ccc(OC)c(Cl)c2)CC1. The minimum Gasteiger partial charge on any atom is -0.497 e. The zero-order valence-corrected chi connectivity index (χ0v) is 17.5. The van der Waals surface area contributed by atoms with Crippen molar-refractivity contribution in [2.75, 3.05) is 32.6 Å². The Labute approximate surface area is 178 Å². The fourth-order valence-corrected chi connectivity index (χ4v) is 4.13. The summed E-state index contributed by atoms with van der Waals surface area (Å²) in [4.78, 5) is 29.8. The summed E-state index contributed by atoms with van der Waals surface area (Å²) < 4.78 is 12.1. The van der Waals surface area contributed by atoms with E-state index in [1.807, 2.05) is 18.2 Å². The number of urea groups is 1. The molecule has 4 rings (SSSR count). The Kier molecular flexibility index (Phi) is 5.59. The van der Waals surface area contributed by atoms with Gasteiger partial charge >= 0.3 is 11.7 Å². The number of likely N-dealkylation sites (tertiary alicyclic amines) is 1. The van der Waals surface area contributed by atoms with E-state index in [0.717, 1.165) is 11.0 Å². The van der Waals surface area contributed by atoms with E-state index in [2.05, 4.69) is 10.3 Å². The summed E-state index contributed by atoms with van der Waals surface area (Å²) in [5.41, 5.74) is 2.05. The number of fused-ring (bicyclic) bond motifs is 1. The number of rotatable bonds is 4. The third kappa shape index (κ3) is 3.82. The van der Waals surface area contributed by atoms with Crippen molar-refractivity contribution in [1.82, 2.24) is 14.5 Å². The predicted molar refractivity (Wildman–Crippen MR) is 116 cm³/mol. The summed E-state index contributed by atoms with van der Waals surface area (Å²) in [6.07, 6.45) is 1.38. The average Bonchev–Trinajstić information content (AvgIpc) is 3.08. The molecule has 2 heterocycles. The van der Waals surface area contributed by atoms with Gasteiger partial charge in [0.1, 0.15) is 11.5 Å². The van der Waals surface area contributed by atoms with Crippen LogP contribution in [0.2, 0.25) is 5.02 Å². The minimum atomic E-state index is -0.189. The molecule has 1 aliphatic heterocycles. The minimum absolute atomic E-state index is 0.0270. The number of H-pyrrole nitrogens is 1. The Morgan fingerprint density at radius 1 is 1.13 bits per heavy atom. The maximum Gasteiger partial charge on any atom is 0.326 e. The van der Waals surface area contributed by atoms with Crippen molar-refractivity contribution >= 4 is 34.4 Å². The van der Waals surface area contributed by atoms with E-state index in [-0.39, 0.29) is 17.8 Å². The van der Waals surface area contributed by atoms with Crippen molar-refractivity contribution in [3.8, 4) is 11.5 Å². The summed E-state index contributed by atoms with van der Waals surface area (Å²) in [5.74, 6) is 1.25. The molecule has 0 spiro atoms. The number of carbonyl (C=O) groups is 1. The molecular weight excluding hydrogens is 408 g/mol. The van der Waals surface area contributed by atoms with Gasteiger partial charge in [-0.25, -0.2) is 9.59 Å². The summed E-state index contributed by atoms with van der Waals surface area (Å²) in [5, 5.41) is 3.30. The number of anilines is 1. The van der Waals surface area contributed by atoms with Gasteiger partial charge in [-0.1, -0.05) is 11.6 Å². The third-order valence-corrected chi connectivity index (χ3v) is 5.74. The number of nitrogens with one attached hydrogen (secondary N) is 2. The van der Waals surface area contributed by atoms with Gasteiger partial charge < -0.3 is 24.7 Å². The fourth-order valence-electron chi connectivity index (χ4n) is 3.87. The molecule has 2 aromatic carbocycles. The van der Waals surface area contributed by atoms with Crippen molar-refractivity contribution in [1.29, 1.82) is 0 Å². The van der Waals surface area contributed by atoms with Crippen LogP contribution in [0.15, 0.2) is 41.2 Å². The molecule has 1 fully saturated rings. The Morgan fingerprint density at radius 3 is 2.57 bits per heavy atom. The topological polar surface area (TPSA) is 88.6 Å². The van der Waals surface area contributed by atoms with Crippen LogP contribution in [-0.2, 0) is 0 Å². The fraction of sp³-hybridized carbons (Fsp3) is 0.333. The van der Waals surface area contributed by atoms with E-state index >= 15 is 0 Å². The number of benzene rings is 2. The molecule has 8 nitrogen and oxygen atoms in total. The molecule has 2 amide bonds. The standard InChI is InChI=1S/C21H23ClN4O4/c1-29-15-4-5-18-17(12-15)24-21(28)26(18)14-7-9-25(10-8-14)20(27)23-13-3-6-19(30-2)16(22)11-13/h3-6,11-12,14H,7-10H2,1-2H3,(H,23,27)(H,24,28). The maximum absolute atomic E-state index is 12.6. The molecule has 0 unspecified atom stereocenters. The molecule has 3 aromatic rings. The zero-order chi connectivity index (χ0) is 21.3. The first-order valence-corrected chi connectivity index (χ1v) is 10.1. The Balaban J connectivity index is 1.43. The third-order valence-electron chi connectivity index (χ3n) is 5.44. The molecule has 158 valence electrons. The van der Waals surface area contributed by atoms with Crippen molar-refractivity contribution < 1.29 is 14.3 Å². The van der Waals surface area contributed by atoms with Crippen LogP contribution in [0.4, 0.5) is 10.5 Å². The summed E-state index contributed by atoms with van der Waals surface area (Å²) in [7, 11) is 3.13. The highest BCUT2D eigenvalue weighted by Crippen LogP contribution is 2.29. The molecule has 2 N–H and O–H groups in total. The van der Waals surface area contributed by atoms with Gasteiger partial charge in [0.2, 0.25) is 0 Å². The lowest BCUT2D eigenvalue weighted by molar-refractivity contribution is 0.184. The molecule has 1 aliphatic rings. The molecule has 0 bridgehead atoms. The molecule has 0 atom stereocenters. The van der Waals surface area contributed by atoms with Gasteiger partial charge in [0.15, 0.2) is 0 Å². The van der Waals surface area contributed by atoms with Crippen molar-refractivity contribution in [3.63, 3.8) is 0 Å². The number of halogens is 1. The van der Waals surface area contributed by atoms with Gasteiger partial charge in [0.25, 0.3) is 0 Å². The monoisotopic (exact) mass is 430 g/mol. The highest BCUT2D eigenvalue weighted by Gasteiger charge is 2.26. The number of aromatic nitrogens is 2. The van der Waals surface area contributed by atoms with Gasteiger partial charge in [-0.3, -0.25) is 4.57 Å². The van der Waals surface area contributed by atoms with Crippen LogP contribution in [-0.4, -0.2) is 47.8 Å². The number of hydrogen-bond donors (Lipinski definition) is 2. The second-order valence-corrected chi connectivity index (χ2v) is 7.59. The van der Waals surface area contributed by atoms with Crippen LogP contribution in [0.1, 0.15) is 18.9 Å². The summed E-state index contributed by atoms with van der Waals surface area (Å²) >= 11 is 6.12. The second kappa shape index (κ2) is 8.31. The second-order valence-electron chi connectivity index (χ2n) is 7.18. The first kappa shape index (κ1) is 20.2. The van der Waals surface area contributed by atoms with Crippen molar-refractivity contribution in [2.45, 2.75) is 18.9 Å². The van der Waals surface area contributed by atoms with Gasteiger partial charge in [0, 0.05) is 30.9 Å².